The van der Waals surface area contributed by atoms with E-state index in [1.807, 2.05) is 32.6 Å². The number of sulfonamides is 1. The van der Waals surface area contributed by atoms with Gasteiger partial charge in [-0.05, 0) is 33.1 Å². The minimum atomic E-state index is -3.18. The Hall–Kier alpha value is -0.620. The van der Waals surface area contributed by atoms with Crippen molar-refractivity contribution in [2.75, 3.05) is 25.9 Å². The molecular formula is C14H28N2O3S. The van der Waals surface area contributed by atoms with Crippen molar-refractivity contribution in [3.05, 3.63) is 0 Å². The van der Waals surface area contributed by atoms with Crippen LogP contribution in [-0.4, -0.2) is 55.0 Å². The molecule has 1 fully saturated rings. The first-order chi connectivity index (χ1) is 9.08. The Morgan fingerprint density at radius 1 is 1.35 bits per heavy atom. The number of hydrogen-bond donors (Lipinski definition) is 0. The summed E-state index contributed by atoms with van der Waals surface area (Å²) in [5, 5.41) is 0. The van der Waals surface area contributed by atoms with Crippen molar-refractivity contribution in [1.29, 1.82) is 0 Å². The van der Waals surface area contributed by atoms with E-state index in [1.54, 1.807) is 7.05 Å². The second kappa shape index (κ2) is 6.43. The predicted octanol–water partition coefficient (Wildman–Crippen LogP) is 1.70. The van der Waals surface area contributed by atoms with E-state index in [4.69, 9.17) is 0 Å². The Morgan fingerprint density at radius 3 is 2.40 bits per heavy atom. The molecule has 1 atom stereocenters. The van der Waals surface area contributed by atoms with Crippen molar-refractivity contribution < 1.29 is 13.2 Å². The quantitative estimate of drug-likeness (QED) is 0.750. The summed E-state index contributed by atoms with van der Waals surface area (Å²) in [6.45, 7) is 9.09. The summed E-state index contributed by atoms with van der Waals surface area (Å²) >= 11 is 0. The van der Waals surface area contributed by atoms with Gasteiger partial charge in [-0.15, -0.1) is 0 Å². The Bertz CT molecular complexity index is 440. The van der Waals surface area contributed by atoms with Gasteiger partial charge in [-0.1, -0.05) is 13.3 Å². The lowest BCUT2D eigenvalue weighted by Gasteiger charge is -2.32. The van der Waals surface area contributed by atoms with Gasteiger partial charge < -0.3 is 4.90 Å². The third-order valence-corrected chi connectivity index (χ3v) is 5.66. The first kappa shape index (κ1) is 17.4. The molecule has 118 valence electrons. The van der Waals surface area contributed by atoms with Gasteiger partial charge in [0.05, 0.1) is 5.75 Å². The van der Waals surface area contributed by atoms with E-state index in [0.717, 1.165) is 6.42 Å². The zero-order valence-corrected chi connectivity index (χ0v) is 14.2. The highest BCUT2D eigenvalue weighted by molar-refractivity contribution is 7.89. The fraction of sp³-hybridized carbons (Fsp3) is 0.929. The minimum absolute atomic E-state index is 0.100. The topological polar surface area (TPSA) is 57.7 Å². The third-order valence-electron chi connectivity index (χ3n) is 3.76. The molecule has 0 bridgehead atoms. The highest BCUT2D eigenvalue weighted by Gasteiger charge is 2.37. The molecule has 1 heterocycles. The largest absolute Gasteiger partial charge is 0.338 e. The van der Waals surface area contributed by atoms with Crippen molar-refractivity contribution >= 4 is 15.9 Å². The molecular weight excluding hydrogens is 276 g/mol. The number of carbonyl (C=O) groups is 1. The Balaban J connectivity index is 2.61. The van der Waals surface area contributed by atoms with E-state index in [1.165, 1.54) is 4.31 Å². The molecule has 1 saturated heterocycles. The van der Waals surface area contributed by atoms with Gasteiger partial charge in [0.1, 0.15) is 0 Å². The zero-order valence-electron chi connectivity index (χ0n) is 13.3. The van der Waals surface area contributed by atoms with E-state index in [-0.39, 0.29) is 23.1 Å². The van der Waals surface area contributed by atoms with Crippen LogP contribution in [0, 0.1) is 5.92 Å². The maximum atomic E-state index is 12.1. The lowest BCUT2D eigenvalue weighted by molar-refractivity contribution is -0.131. The zero-order chi connectivity index (χ0) is 15.6. The summed E-state index contributed by atoms with van der Waals surface area (Å²) in [6, 6.07) is 0. The molecule has 0 aromatic rings. The Labute approximate surface area is 123 Å². The minimum Gasteiger partial charge on any atom is -0.338 e. The molecule has 0 saturated carbocycles. The number of nitrogens with zero attached hydrogens (tertiary/aromatic N) is 2. The summed E-state index contributed by atoms with van der Waals surface area (Å²) in [5.74, 6) is 0.425. The number of unbranched alkanes of at least 4 members (excludes halogenated alkanes) is 1. The maximum Gasteiger partial charge on any atom is 0.223 e. The van der Waals surface area contributed by atoms with Crippen LogP contribution in [-0.2, 0) is 14.8 Å². The van der Waals surface area contributed by atoms with Crippen LogP contribution in [0.1, 0.15) is 47.0 Å². The van der Waals surface area contributed by atoms with E-state index in [0.29, 0.717) is 25.9 Å². The number of carbonyl (C=O) groups excluding carboxylic acids is 1. The fourth-order valence-electron chi connectivity index (χ4n) is 2.51. The van der Waals surface area contributed by atoms with Gasteiger partial charge in [0, 0.05) is 32.1 Å². The second-order valence-electron chi connectivity index (χ2n) is 6.70. The fourth-order valence-corrected chi connectivity index (χ4v) is 3.91. The Morgan fingerprint density at radius 2 is 1.95 bits per heavy atom. The average Bonchev–Trinajstić information content (AvgIpc) is 2.67. The lowest BCUT2D eigenvalue weighted by atomic mass is 10.1. The number of rotatable bonds is 6. The molecule has 0 N–H and O–H groups in total. The van der Waals surface area contributed by atoms with Crippen LogP contribution in [0.15, 0.2) is 0 Å². The number of hydrogen-bond acceptors (Lipinski definition) is 3. The van der Waals surface area contributed by atoms with Gasteiger partial charge in [-0.2, -0.15) is 0 Å². The van der Waals surface area contributed by atoms with Gasteiger partial charge >= 0.3 is 0 Å². The molecule has 1 rings (SSSR count). The average molecular weight is 304 g/mol. The highest BCUT2D eigenvalue weighted by Crippen LogP contribution is 2.26. The SMILES string of the molecule is CCCCS(=O)(=O)N(C)C[C@@H]1CC(=O)N(C(C)(C)C)C1. The van der Waals surface area contributed by atoms with Crippen LogP contribution in [0.4, 0.5) is 0 Å². The number of amides is 1. The highest BCUT2D eigenvalue weighted by atomic mass is 32.2. The van der Waals surface area contributed by atoms with Crippen molar-refractivity contribution in [1.82, 2.24) is 9.21 Å². The molecule has 5 nitrogen and oxygen atoms in total. The molecule has 0 spiro atoms. The first-order valence-corrected chi connectivity index (χ1v) is 8.93. The van der Waals surface area contributed by atoms with Crippen LogP contribution in [0.25, 0.3) is 0 Å². The van der Waals surface area contributed by atoms with Gasteiger partial charge in [0.15, 0.2) is 0 Å². The maximum absolute atomic E-state index is 12.1. The van der Waals surface area contributed by atoms with Gasteiger partial charge in [-0.3, -0.25) is 4.79 Å². The van der Waals surface area contributed by atoms with Crippen molar-refractivity contribution in [3.8, 4) is 0 Å². The second-order valence-corrected chi connectivity index (χ2v) is 8.89. The van der Waals surface area contributed by atoms with Crippen molar-refractivity contribution in [2.45, 2.75) is 52.5 Å². The van der Waals surface area contributed by atoms with E-state index >= 15 is 0 Å². The predicted molar refractivity (Wildman–Crippen MR) is 80.9 cm³/mol. The van der Waals surface area contributed by atoms with Crippen LogP contribution in [0.5, 0.6) is 0 Å². The third kappa shape index (κ3) is 4.45. The van der Waals surface area contributed by atoms with Crippen LogP contribution < -0.4 is 0 Å². The molecule has 0 aromatic carbocycles. The normalized spacial score (nSPS) is 21.0. The smallest absolute Gasteiger partial charge is 0.223 e. The van der Waals surface area contributed by atoms with Gasteiger partial charge in [0.2, 0.25) is 15.9 Å². The first-order valence-electron chi connectivity index (χ1n) is 7.32. The molecule has 1 aliphatic rings. The summed E-state index contributed by atoms with van der Waals surface area (Å²) in [4.78, 5) is 13.8. The van der Waals surface area contributed by atoms with E-state index < -0.39 is 10.0 Å². The Kier molecular flexibility index (Phi) is 5.61. The van der Waals surface area contributed by atoms with Crippen LogP contribution >= 0.6 is 0 Å². The summed E-state index contributed by atoms with van der Waals surface area (Å²) < 4.78 is 25.6. The number of likely N-dealkylation sites (tertiary alicyclic amines) is 1. The molecule has 1 amide bonds. The van der Waals surface area contributed by atoms with Crippen LogP contribution in [0.3, 0.4) is 0 Å². The van der Waals surface area contributed by atoms with Gasteiger partial charge in [0.25, 0.3) is 0 Å². The van der Waals surface area contributed by atoms with E-state index in [2.05, 4.69) is 0 Å². The molecule has 0 aromatic heterocycles. The molecule has 1 aliphatic heterocycles. The monoisotopic (exact) mass is 304 g/mol. The molecule has 6 heteroatoms. The molecule has 0 unspecified atom stereocenters. The summed E-state index contributed by atoms with van der Waals surface area (Å²) in [5.41, 5.74) is -0.189. The standard InChI is InChI=1S/C14H28N2O3S/c1-6-7-8-20(18,19)15(5)10-12-9-13(17)16(11-12)14(2,3)4/h12H,6-11H2,1-5H3/t12-/m0/s1. The summed E-state index contributed by atoms with van der Waals surface area (Å²) in [6.07, 6.45) is 2.00. The van der Waals surface area contributed by atoms with E-state index in [9.17, 15) is 13.2 Å². The summed E-state index contributed by atoms with van der Waals surface area (Å²) in [7, 11) is -1.56. The molecule has 0 radical (unpaired) electrons. The molecule has 0 aliphatic carbocycles. The van der Waals surface area contributed by atoms with Gasteiger partial charge in [-0.25, -0.2) is 12.7 Å². The molecule has 20 heavy (non-hydrogen) atoms. The van der Waals surface area contributed by atoms with Crippen molar-refractivity contribution in [3.63, 3.8) is 0 Å². The van der Waals surface area contributed by atoms with Crippen LogP contribution in [0.2, 0.25) is 0 Å². The lowest BCUT2D eigenvalue weighted by Crippen LogP contribution is -2.43. The van der Waals surface area contributed by atoms with Crippen molar-refractivity contribution in [2.24, 2.45) is 5.92 Å².